The summed E-state index contributed by atoms with van der Waals surface area (Å²) >= 11 is 6.80. The predicted octanol–water partition coefficient (Wildman–Crippen LogP) is 2.57. The topological polar surface area (TPSA) is 135 Å². The van der Waals surface area contributed by atoms with Gasteiger partial charge < -0.3 is 5.32 Å². The molecule has 0 aliphatic carbocycles. The number of carbonyl (C=O) groups excluding carboxylic acids is 2. The molecular weight excluding hydrogens is 430 g/mol. The molecule has 9 nitrogen and oxygen atoms in total. The molecule has 0 bridgehead atoms. The monoisotopic (exact) mass is 445 g/mol. The Kier molecular flexibility index (Phi) is 6.75. The maximum atomic E-state index is 12.5. The van der Waals surface area contributed by atoms with Gasteiger partial charge in [-0.3, -0.25) is 19.7 Å². The van der Waals surface area contributed by atoms with E-state index in [4.69, 9.17) is 11.6 Å². The summed E-state index contributed by atoms with van der Waals surface area (Å²) < 4.78 is 27.1. The van der Waals surface area contributed by atoms with Gasteiger partial charge in [-0.25, -0.2) is 13.1 Å². The number of thiophene rings is 1. The molecule has 0 aliphatic rings. The fraction of sp³-hybridized carbons (Fsp3) is 0.250. The van der Waals surface area contributed by atoms with E-state index in [9.17, 15) is 28.1 Å². The smallest absolute Gasteiger partial charge is 0.270 e. The molecule has 1 aromatic heterocycles. The molecule has 2 rings (SSSR count). The first kappa shape index (κ1) is 21.8. The van der Waals surface area contributed by atoms with Gasteiger partial charge in [-0.15, -0.1) is 11.3 Å². The lowest BCUT2D eigenvalue weighted by Crippen LogP contribution is -2.50. The zero-order valence-corrected chi connectivity index (χ0v) is 17.1. The quantitative estimate of drug-likeness (QED) is 0.496. The summed E-state index contributed by atoms with van der Waals surface area (Å²) in [5.41, 5.74) is -0.432. The SMILES string of the molecule is CC(C)[C@@H](NC(=O)c1ccc(Cl)s1)C(=O)NS(=O)(=O)c1cccc([N+](=O)[O-])c1. The van der Waals surface area contributed by atoms with E-state index in [1.807, 2.05) is 4.72 Å². The molecule has 0 saturated carbocycles. The van der Waals surface area contributed by atoms with Crippen LogP contribution in [-0.2, 0) is 14.8 Å². The van der Waals surface area contributed by atoms with Gasteiger partial charge in [-0.1, -0.05) is 31.5 Å². The number of benzene rings is 1. The van der Waals surface area contributed by atoms with Crippen LogP contribution in [0.4, 0.5) is 5.69 Å². The van der Waals surface area contributed by atoms with Gasteiger partial charge in [-0.05, 0) is 24.1 Å². The van der Waals surface area contributed by atoms with Crippen LogP contribution in [0, 0.1) is 16.0 Å². The highest BCUT2D eigenvalue weighted by Crippen LogP contribution is 2.22. The minimum atomic E-state index is -4.36. The molecule has 2 amide bonds. The van der Waals surface area contributed by atoms with Gasteiger partial charge in [0, 0.05) is 12.1 Å². The second-order valence-electron chi connectivity index (χ2n) is 6.02. The molecule has 2 aromatic rings. The summed E-state index contributed by atoms with van der Waals surface area (Å²) in [7, 11) is -4.36. The summed E-state index contributed by atoms with van der Waals surface area (Å²) in [6, 6.07) is 6.15. The van der Waals surface area contributed by atoms with Gasteiger partial charge in [0.2, 0.25) is 0 Å². The lowest BCUT2D eigenvalue weighted by atomic mass is 10.0. The highest BCUT2D eigenvalue weighted by molar-refractivity contribution is 7.90. The highest BCUT2D eigenvalue weighted by atomic mass is 35.5. The van der Waals surface area contributed by atoms with Crippen LogP contribution in [0.3, 0.4) is 0 Å². The van der Waals surface area contributed by atoms with Crippen LogP contribution in [0.1, 0.15) is 23.5 Å². The summed E-state index contributed by atoms with van der Waals surface area (Å²) in [6.07, 6.45) is 0. The Morgan fingerprint density at radius 2 is 1.89 bits per heavy atom. The first-order chi connectivity index (χ1) is 13.0. The van der Waals surface area contributed by atoms with Crippen LogP contribution in [0.25, 0.3) is 0 Å². The number of rotatable bonds is 7. The molecule has 1 atom stereocenters. The molecule has 0 unspecified atom stereocenters. The summed E-state index contributed by atoms with van der Waals surface area (Å²) in [4.78, 5) is 34.7. The maximum Gasteiger partial charge on any atom is 0.270 e. The third kappa shape index (κ3) is 5.27. The molecule has 1 aromatic carbocycles. The fourth-order valence-electron chi connectivity index (χ4n) is 2.20. The first-order valence-corrected chi connectivity index (χ1v) is 10.6. The van der Waals surface area contributed by atoms with Crippen molar-refractivity contribution in [2.75, 3.05) is 0 Å². The number of carbonyl (C=O) groups is 2. The molecule has 150 valence electrons. The minimum absolute atomic E-state index is 0.269. The van der Waals surface area contributed by atoms with Gasteiger partial charge in [0.15, 0.2) is 0 Å². The number of hydrogen-bond donors (Lipinski definition) is 2. The summed E-state index contributed by atoms with van der Waals surface area (Å²) in [5.74, 6) is -1.96. The van der Waals surface area contributed by atoms with Crippen molar-refractivity contribution in [3.63, 3.8) is 0 Å². The third-order valence-corrected chi connectivity index (χ3v) is 6.18. The van der Waals surface area contributed by atoms with Crippen molar-refractivity contribution < 1.29 is 22.9 Å². The van der Waals surface area contributed by atoms with Gasteiger partial charge in [-0.2, -0.15) is 0 Å². The van der Waals surface area contributed by atoms with Crippen molar-refractivity contribution in [1.29, 1.82) is 0 Å². The van der Waals surface area contributed by atoms with Gasteiger partial charge in [0.1, 0.15) is 6.04 Å². The van der Waals surface area contributed by atoms with E-state index in [0.717, 1.165) is 29.5 Å². The third-order valence-electron chi connectivity index (χ3n) is 3.61. The number of nitro benzene ring substituents is 1. The van der Waals surface area contributed by atoms with Crippen LogP contribution in [0.15, 0.2) is 41.3 Å². The zero-order chi connectivity index (χ0) is 21.1. The average molecular weight is 446 g/mol. The molecule has 0 radical (unpaired) electrons. The second-order valence-corrected chi connectivity index (χ2v) is 9.42. The lowest BCUT2D eigenvalue weighted by molar-refractivity contribution is -0.385. The number of hydrogen-bond acceptors (Lipinski definition) is 7. The van der Waals surface area contributed by atoms with E-state index in [1.165, 1.54) is 18.2 Å². The van der Waals surface area contributed by atoms with Crippen LogP contribution < -0.4 is 10.0 Å². The molecule has 1 heterocycles. The van der Waals surface area contributed by atoms with E-state index in [0.29, 0.717) is 4.34 Å². The van der Waals surface area contributed by atoms with Crippen molar-refractivity contribution in [2.24, 2.45) is 5.92 Å². The van der Waals surface area contributed by atoms with Crippen LogP contribution >= 0.6 is 22.9 Å². The molecule has 0 saturated heterocycles. The number of halogens is 1. The Hall–Kier alpha value is -2.50. The van der Waals surface area contributed by atoms with Crippen molar-refractivity contribution >= 4 is 50.5 Å². The highest BCUT2D eigenvalue weighted by Gasteiger charge is 2.29. The Morgan fingerprint density at radius 1 is 1.21 bits per heavy atom. The Balaban J connectivity index is 2.20. The minimum Gasteiger partial charge on any atom is -0.339 e. The largest absolute Gasteiger partial charge is 0.339 e. The Morgan fingerprint density at radius 3 is 2.43 bits per heavy atom. The average Bonchev–Trinajstić information content (AvgIpc) is 3.05. The van der Waals surface area contributed by atoms with Crippen LogP contribution in [0.5, 0.6) is 0 Å². The zero-order valence-electron chi connectivity index (χ0n) is 14.7. The first-order valence-electron chi connectivity index (χ1n) is 7.88. The second kappa shape index (κ2) is 8.67. The molecular formula is C16H16ClN3O6S2. The van der Waals surface area contributed by atoms with E-state index < -0.39 is 49.3 Å². The number of non-ortho nitro benzene ring substituents is 1. The molecule has 28 heavy (non-hydrogen) atoms. The van der Waals surface area contributed by atoms with Crippen molar-refractivity contribution in [3.05, 3.63) is 55.7 Å². The maximum absolute atomic E-state index is 12.5. The normalized spacial score (nSPS) is 12.4. The van der Waals surface area contributed by atoms with E-state index in [1.54, 1.807) is 13.8 Å². The standard InChI is InChI=1S/C16H16ClN3O6S2/c1-9(2)14(18-15(21)12-6-7-13(17)27-12)16(22)19-28(25,26)11-5-3-4-10(8-11)20(23)24/h3-9,14H,1-2H3,(H,18,21)(H,19,22)/t14-/m1/s1. The molecule has 0 aliphatic heterocycles. The van der Waals surface area contributed by atoms with Crippen molar-refractivity contribution in [3.8, 4) is 0 Å². The number of sulfonamides is 1. The number of amides is 2. The predicted molar refractivity (Wildman–Crippen MR) is 104 cm³/mol. The molecule has 0 spiro atoms. The summed E-state index contributed by atoms with van der Waals surface area (Å²) in [5, 5.41) is 13.3. The van der Waals surface area contributed by atoms with Gasteiger partial charge in [0.25, 0.3) is 27.5 Å². The Bertz CT molecular complexity index is 1020. The fourth-order valence-corrected chi connectivity index (χ4v) is 4.19. The lowest BCUT2D eigenvalue weighted by Gasteiger charge is -2.21. The molecule has 12 heteroatoms. The number of nitrogens with one attached hydrogen (secondary N) is 2. The molecule has 2 N–H and O–H groups in total. The van der Waals surface area contributed by atoms with Gasteiger partial charge in [0.05, 0.1) is 19.0 Å². The van der Waals surface area contributed by atoms with Crippen LogP contribution in [-0.4, -0.2) is 31.2 Å². The van der Waals surface area contributed by atoms with Gasteiger partial charge >= 0.3 is 0 Å². The van der Waals surface area contributed by atoms with Crippen molar-refractivity contribution in [2.45, 2.75) is 24.8 Å². The van der Waals surface area contributed by atoms with Crippen molar-refractivity contribution in [1.82, 2.24) is 10.0 Å². The number of nitrogens with zero attached hydrogens (tertiary/aromatic N) is 1. The van der Waals surface area contributed by atoms with Crippen LogP contribution in [0.2, 0.25) is 4.34 Å². The van der Waals surface area contributed by atoms with E-state index in [2.05, 4.69) is 5.32 Å². The molecule has 0 fully saturated rings. The van der Waals surface area contributed by atoms with E-state index in [-0.39, 0.29) is 4.88 Å². The van der Waals surface area contributed by atoms with E-state index >= 15 is 0 Å². The Labute approximate surface area is 169 Å². The summed E-state index contributed by atoms with van der Waals surface area (Å²) in [6.45, 7) is 3.26. The number of nitro groups is 1.